The van der Waals surface area contributed by atoms with Crippen molar-refractivity contribution in [2.75, 3.05) is 0 Å². The van der Waals surface area contributed by atoms with Crippen molar-refractivity contribution in [3.05, 3.63) is 241 Å². The van der Waals surface area contributed by atoms with Gasteiger partial charge in [0.1, 0.15) is 23.3 Å². The van der Waals surface area contributed by atoms with Crippen LogP contribution in [-0.2, 0) is 0 Å². The summed E-state index contributed by atoms with van der Waals surface area (Å²) < 4.78 is 8.97. The predicted molar refractivity (Wildman–Crippen MR) is 301 cm³/mol. The van der Waals surface area contributed by atoms with Gasteiger partial charge in [-0.2, -0.15) is 15.8 Å². The summed E-state index contributed by atoms with van der Waals surface area (Å²) in [5.74, 6) is 0. The first-order chi connectivity index (χ1) is 36.6. The number of nitrogens with zero attached hydrogens (tertiary/aromatic N) is 7. The van der Waals surface area contributed by atoms with Gasteiger partial charge in [-0.25, -0.2) is 0 Å². The lowest BCUT2D eigenvalue weighted by Gasteiger charge is -2.26. The van der Waals surface area contributed by atoms with E-state index < -0.39 is 0 Å². The Balaban J connectivity index is 1.19. The second kappa shape index (κ2) is 15.7. The Hall–Kier alpha value is -10.7. The minimum atomic E-state index is 0.329. The Labute approximate surface area is 423 Å². The lowest BCUT2D eigenvalue weighted by molar-refractivity contribution is 1.08. The zero-order valence-electron chi connectivity index (χ0n) is 39.5. The number of rotatable bonds is 5. The van der Waals surface area contributed by atoms with Gasteiger partial charge < -0.3 is 18.3 Å². The van der Waals surface area contributed by atoms with Crippen molar-refractivity contribution in [2.24, 2.45) is 0 Å². The van der Waals surface area contributed by atoms with E-state index in [0.717, 1.165) is 98.5 Å². The van der Waals surface area contributed by atoms with Crippen LogP contribution in [0.1, 0.15) is 16.7 Å². The van der Waals surface area contributed by atoms with Gasteiger partial charge in [-0.1, -0.05) is 146 Å². The van der Waals surface area contributed by atoms with Gasteiger partial charge >= 0.3 is 0 Å². The van der Waals surface area contributed by atoms with Crippen molar-refractivity contribution in [3.63, 3.8) is 0 Å². The summed E-state index contributed by atoms with van der Waals surface area (Å²) in [5, 5.41) is 45.3. The molecule has 0 spiro atoms. The lowest BCUT2D eigenvalue weighted by Crippen LogP contribution is -2.14. The van der Waals surface area contributed by atoms with Crippen LogP contribution in [0.2, 0.25) is 0 Å². The van der Waals surface area contributed by atoms with E-state index >= 15 is 0 Å². The first kappa shape index (κ1) is 41.2. The summed E-state index contributed by atoms with van der Waals surface area (Å²) in [7, 11) is 0. The van der Waals surface area contributed by atoms with E-state index in [4.69, 9.17) is 0 Å². The Morgan fingerprint density at radius 2 is 0.635 bits per heavy atom. The highest BCUT2D eigenvalue weighted by Crippen LogP contribution is 2.49. The summed E-state index contributed by atoms with van der Waals surface area (Å²) in [5.41, 5.74) is 12.9. The number of fused-ring (bicyclic) bond motifs is 13. The van der Waals surface area contributed by atoms with Crippen LogP contribution in [0.4, 0.5) is 0 Å². The molecule has 0 fully saturated rings. The largest absolute Gasteiger partial charge is 0.309 e. The van der Waals surface area contributed by atoms with Gasteiger partial charge in [0.05, 0.1) is 72.8 Å². The van der Waals surface area contributed by atoms with Crippen LogP contribution in [0.15, 0.2) is 224 Å². The van der Waals surface area contributed by atoms with Gasteiger partial charge in [0.15, 0.2) is 0 Å². The third kappa shape index (κ3) is 5.62. The van der Waals surface area contributed by atoms with Crippen molar-refractivity contribution in [1.29, 1.82) is 15.8 Å². The predicted octanol–water partition coefficient (Wildman–Crippen LogP) is 16.5. The molecule has 0 amide bonds. The van der Waals surface area contributed by atoms with E-state index in [1.165, 1.54) is 10.8 Å². The molecule has 0 saturated heterocycles. The van der Waals surface area contributed by atoms with Gasteiger partial charge in [0, 0.05) is 54.3 Å². The third-order valence-corrected chi connectivity index (χ3v) is 15.2. The molecule has 11 aromatic carbocycles. The maximum atomic E-state index is 12.3. The monoisotopic (exact) mass is 939 g/mol. The van der Waals surface area contributed by atoms with E-state index in [1.807, 2.05) is 48.5 Å². The fraction of sp³-hybridized carbons (Fsp3) is 0. The molecule has 0 aliphatic heterocycles. The molecule has 0 aliphatic carbocycles. The second-order valence-corrected chi connectivity index (χ2v) is 18.9. The van der Waals surface area contributed by atoms with E-state index in [0.29, 0.717) is 39.3 Å². The number of hydrogen-bond acceptors (Lipinski definition) is 3. The molecule has 7 heteroatoms. The van der Waals surface area contributed by atoms with Crippen molar-refractivity contribution < 1.29 is 0 Å². The van der Waals surface area contributed by atoms with E-state index in [1.54, 1.807) is 0 Å². The molecule has 15 rings (SSSR count). The summed E-state index contributed by atoms with van der Waals surface area (Å²) in [6.07, 6.45) is 0. The van der Waals surface area contributed by atoms with Gasteiger partial charge in [-0.15, -0.1) is 0 Å². The molecule has 0 atom stereocenters. The number of aromatic nitrogens is 4. The van der Waals surface area contributed by atoms with Crippen LogP contribution < -0.4 is 0 Å². The maximum Gasteiger partial charge on any atom is 0.104 e. The minimum absolute atomic E-state index is 0.329. The number of benzene rings is 11. The summed E-state index contributed by atoms with van der Waals surface area (Å²) in [6, 6.07) is 85.3. The Morgan fingerprint density at radius 1 is 0.270 bits per heavy atom. The highest BCUT2D eigenvalue weighted by molar-refractivity contribution is 6.17. The van der Waals surface area contributed by atoms with E-state index in [-0.39, 0.29) is 0 Å². The SMILES string of the molecule is N#Cc1ccc(-c2c(-n3c4ccccc4c4ccccc43)c(C#N)c(-n3c4ccc(-n5c6ccccc6c6ccccc65)cc4c4cc5ccccc5cc43)c(C#N)c2-n2c3ccccc3c3ccccc32)cc1. The molecule has 74 heavy (non-hydrogen) atoms. The van der Waals surface area contributed by atoms with E-state index in [9.17, 15) is 15.8 Å². The first-order valence-electron chi connectivity index (χ1n) is 24.6. The zero-order valence-corrected chi connectivity index (χ0v) is 39.5. The molecular formula is C67H37N7. The minimum Gasteiger partial charge on any atom is -0.309 e. The molecule has 0 aliphatic rings. The van der Waals surface area contributed by atoms with Crippen molar-refractivity contribution in [2.45, 2.75) is 0 Å². The molecule has 7 nitrogen and oxygen atoms in total. The molecule has 340 valence electrons. The zero-order chi connectivity index (χ0) is 49.2. The van der Waals surface area contributed by atoms with Crippen LogP contribution in [0.5, 0.6) is 0 Å². The smallest absolute Gasteiger partial charge is 0.104 e. The highest BCUT2D eigenvalue weighted by Gasteiger charge is 2.33. The summed E-state index contributed by atoms with van der Waals surface area (Å²) in [4.78, 5) is 0. The number of hydrogen-bond donors (Lipinski definition) is 0. The van der Waals surface area contributed by atoms with Crippen molar-refractivity contribution >= 4 is 98.0 Å². The van der Waals surface area contributed by atoms with Crippen molar-refractivity contribution in [3.8, 4) is 52.1 Å². The van der Waals surface area contributed by atoms with Crippen LogP contribution in [-0.4, -0.2) is 18.3 Å². The fourth-order valence-corrected chi connectivity index (χ4v) is 12.2. The van der Waals surface area contributed by atoms with Gasteiger partial charge in [0.25, 0.3) is 0 Å². The Morgan fingerprint density at radius 3 is 1.07 bits per heavy atom. The van der Waals surface area contributed by atoms with Crippen LogP contribution in [0, 0.1) is 34.0 Å². The fourth-order valence-electron chi connectivity index (χ4n) is 12.2. The molecule has 0 N–H and O–H groups in total. The van der Waals surface area contributed by atoms with Crippen LogP contribution in [0.3, 0.4) is 0 Å². The molecule has 4 heterocycles. The topological polar surface area (TPSA) is 91.1 Å². The standard InChI is InChI=1S/C67H37N7/c68-38-41-29-31-42(32-30-41)64-66(72-58-25-11-5-19-48(58)49-20-6-12-26-59(49)72)54(39-69)65(55(40-70)67(64)73-60-27-13-7-21-50(60)51-22-8-14-28-61(51)73)74-62-34-33-45(37-53(62)52-35-43-15-1-2-16-44(43)36-63(52)74)71-56-23-9-3-17-46(56)47-18-4-10-24-57(47)71/h1-37H. The molecule has 4 aromatic heterocycles. The molecule has 0 bridgehead atoms. The maximum absolute atomic E-state index is 12.3. The van der Waals surface area contributed by atoms with Gasteiger partial charge in [0.2, 0.25) is 0 Å². The normalized spacial score (nSPS) is 11.7. The Bertz CT molecular complexity index is 4740. The first-order valence-corrected chi connectivity index (χ1v) is 24.6. The number of para-hydroxylation sites is 6. The molecule has 0 radical (unpaired) electrons. The van der Waals surface area contributed by atoms with Crippen LogP contribution >= 0.6 is 0 Å². The van der Waals surface area contributed by atoms with Crippen LogP contribution in [0.25, 0.3) is 132 Å². The van der Waals surface area contributed by atoms with Gasteiger partial charge in [-0.3, -0.25) is 0 Å². The average molecular weight is 940 g/mol. The van der Waals surface area contributed by atoms with E-state index in [2.05, 4.69) is 212 Å². The quantitative estimate of drug-likeness (QED) is 0.172. The summed E-state index contributed by atoms with van der Waals surface area (Å²) in [6.45, 7) is 0. The van der Waals surface area contributed by atoms with Crippen molar-refractivity contribution in [1.82, 2.24) is 18.3 Å². The molecular weight excluding hydrogens is 903 g/mol. The lowest BCUT2D eigenvalue weighted by atomic mass is 9.91. The van der Waals surface area contributed by atoms with Gasteiger partial charge in [-0.05, 0) is 95.2 Å². The Kier molecular flexibility index (Phi) is 8.72. The highest BCUT2D eigenvalue weighted by atomic mass is 15.1. The average Bonchev–Trinajstić information content (AvgIpc) is 4.19. The molecule has 0 saturated carbocycles. The molecule has 0 unspecified atom stereocenters. The number of nitriles is 3. The molecule has 15 aromatic rings. The summed E-state index contributed by atoms with van der Waals surface area (Å²) >= 11 is 0. The second-order valence-electron chi connectivity index (χ2n) is 18.9. The third-order valence-electron chi connectivity index (χ3n) is 15.2.